The summed E-state index contributed by atoms with van der Waals surface area (Å²) < 4.78 is 10.2. The molecule has 0 radical (unpaired) electrons. The molecule has 1 saturated heterocycles. The number of nitrogens with one attached hydrogen (secondary N) is 2. The standard InChI is InChI=1S/C12H18N4O3/c1-18-8-6-13-10-4-5-11(16-15-10)14-12(17)9-3-2-7-19-9/h4-5,9H,2-3,6-8H2,1H3,(H,13,15)(H,14,16,17). The number of anilines is 2. The number of methoxy groups -OCH3 is 1. The Morgan fingerprint density at radius 3 is 2.89 bits per heavy atom. The molecule has 1 aliphatic heterocycles. The van der Waals surface area contributed by atoms with Crippen LogP contribution in [0.4, 0.5) is 11.6 Å². The molecule has 0 aliphatic carbocycles. The third-order valence-corrected chi connectivity index (χ3v) is 2.75. The number of hydrogen-bond donors (Lipinski definition) is 2. The van der Waals surface area contributed by atoms with Gasteiger partial charge in [-0.2, -0.15) is 0 Å². The lowest BCUT2D eigenvalue weighted by Gasteiger charge is -2.09. The van der Waals surface area contributed by atoms with Crippen molar-refractivity contribution in [2.75, 3.05) is 37.5 Å². The van der Waals surface area contributed by atoms with E-state index < -0.39 is 0 Å². The van der Waals surface area contributed by atoms with Crippen LogP contribution in [-0.2, 0) is 14.3 Å². The van der Waals surface area contributed by atoms with Crippen molar-refractivity contribution in [3.8, 4) is 0 Å². The second kappa shape index (κ2) is 7.01. The molecule has 0 spiro atoms. The van der Waals surface area contributed by atoms with Gasteiger partial charge in [0.15, 0.2) is 5.82 Å². The Morgan fingerprint density at radius 1 is 1.47 bits per heavy atom. The molecule has 1 aromatic heterocycles. The van der Waals surface area contributed by atoms with Gasteiger partial charge in [-0.25, -0.2) is 0 Å². The topological polar surface area (TPSA) is 85.4 Å². The van der Waals surface area contributed by atoms with Gasteiger partial charge in [0.2, 0.25) is 0 Å². The normalized spacial score (nSPS) is 18.3. The summed E-state index contributed by atoms with van der Waals surface area (Å²) >= 11 is 0. The number of carbonyl (C=O) groups is 1. The predicted molar refractivity (Wildman–Crippen MR) is 70.0 cm³/mol. The van der Waals surface area contributed by atoms with Gasteiger partial charge in [-0.3, -0.25) is 4.79 Å². The Labute approximate surface area is 111 Å². The van der Waals surface area contributed by atoms with Crippen molar-refractivity contribution in [2.45, 2.75) is 18.9 Å². The van der Waals surface area contributed by atoms with Crippen molar-refractivity contribution in [3.05, 3.63) is 12.1 Å². The third-order valence-electron chi connectivity index (χ3n) is 2.75. The van der Waals surface area contributed by atoms with Gasteiger partial charge < -0.3 is 20.1 Å². The van der Waals surface area contributed by atoms with Gasteiger partial charge in [-0.05, 0) is 25.0 Å². The number of aromatic nitrogens is 2. The van der Waals surface area contributed by atoms with Crippen molar-refractivity contribution >= 4 is 17.5 Å². The second-order valence-electron chi connectivity index (χ2n) is 4.21. The number of amides is 1. The molecule has 1 unspecified atom stereocenters. The zero-order valence-corrected chi connectivity index (χ0v) is 10.9. The first-order valence-electron chi connectivity index (χ1n) is 6.28. The van der Waals surface area contributed by atoms with E-state index in [9.17, 15) is 4.79 Å². The van der Waals surface area contributed by atoms with E-state index in [1.807, 2.05) is 0 Å². The minimum absolute atomic E-state index is 0.160. The van der Waals surface area contributed by atoms with E-state index in [-0.39, 0.29) is 12.0 Å². The van der Waals surface area contributed by atoms with Gasteiger partial charge in [0, 0.05) is 20.3 Å². The number of carbonyl (C=O) groups excluding carboxylic acids is 1. The zero-order valence-electron chi connectivity index (χ0n) is 10.9. The Bertz CT molecular complexity index is 404. The van der Waals surface area contributed by atoms with Crippen LogP contribution in [0.25, 0.3) is 0 Å². The summed E-state index contributed by atoms with van der Waals surface area (Å²) in [7, 11) is 1.64. The van der Waals surface area contributed by atoms with Crippen molar-refractivity contribution in [1.82, 2.24) is 10.2 Å². The van der Waals surface area contributed by atoms with E-state index in [2.05, 4.69) is 20.8 Å². The fourth-order valence-corrected chi connectivity index (χ4v) is 1.77. The second-order valence-corrected chi connectivity index (χ2v) is 4.21. The van der Waals surface area contributed by atoms with Crippen LogP contribution < -0.4 is 10.6 Å². The lowest BCUT2D eigenvalue weighted by Crippen LogP contribution is -2.27. The van der Waals surface area contributed by atoms with Crippen LogP contribution in [0.15, 0.2) is 12.1 Å². The summed E-state index contributed by atoms with van der Waals surface area (Å²) in [5.74, 6) is 0.914. The molecule has 1 atom stereocenters. The smallest absolute Gasteiger partial charge is 0.254 e. The SMILES string of the molecule is COCCNc1ccc(NC(=O)C2CCCO2)nn1. The Balaban J connectivity index is 1.82. The molecule has 1 aromatic rings. The molecular weight excluding hydrogens is 248 g/mol. The molecule has 104 valence electrons. The molecule has 1 fully saturated rings. The van der Waals surface area contributed by atoms with Crippen molar-refractivity contribution in [1.29, 1.82) is 0 Å². The number of ether oxygens (including phenoxy) is 2. The van der Waals surface area contributed by atoms with Crippen molar-refractivity contribution in [2.24, 2.45) is 0 Å². The monoisotopic (exact) mass is 266 g/mol. The number of rotatable bonds is 6. The molecule has 7 heteroatoms. The maximum Gasteiger partial charge on any atom is 0.254 e. The fraction of sp³-hybridized carbons (Fsp3) is 0.583. The average Bonchev–Trinajstić information content (AvgIpc) is 2.95. The molecule has 0 bridgehead atoms. The molecule has 1 aliphatic rings. The van der Waals surface area contributed by atoms with Crippen LogP contribution in [0.1, 0.15) is 12.8 Å². The van der Waals surface area contributed by atoms with Crippen LogP contribution in [-0.4, -0.2) is 49.1 Å². The van der Waals surface area contributed by atoms with Crippen LogP contribution >= 0.6 is 0 Å². The highest BCUT2D eigenvalue weighted by atomic mass is 16.5. The minimum atomic E-state index is -0.360. The average molecular weight is 266 g/mol. The van der Waals surface area contributed by atoms with E-state index in [1.54, 1.807) is 19.2 Å². The molecule has 7 nitrogen and oxygen atoms in total. The lowest BCUT2D eigenvalue weighted by molar-refractivity contribution is -0.124. The Hall–Kier alpha value is -1.73. The first-order valence-corrected chi connectivity index (χ1v) is 6.28. The number of nitrogens with zero attached hydrogens (tertiary/aromatic N) is 2. The zero-order chi connectivity index (χ0) is 13.5. The lowest BCUT2D eigenvalue weighted by atomic mass is 10.2. The summed E-state index contributed by atoms with van der Waals surface area (Å²) in [4.78, 5) is 11.8. The van der Waals surface area contributed by atoms with Gasteiger partial charge in [0.05, 0.1) is 6.61 Å². The molecule has 0 saturated carbocycles. The molecular formula is C12H18N4O3. The van der Waals surface area contributed by atoms with Gasteiger partial charge in [-0.15, -0.1) is 10.2 Å². The van der Waals surface area contributed by atoms with Gasteiger partial charge >= 0.3 is 0 Å². The molecule has 2 heterocycles. The quantitative estimate of drug-likeness (QED) is 0.735. The highest BCUT2D eigenvalue weighted by molar-refractivity contribution is 5.93. The minimum Gasteiger partial charge on any atom is -0.383 e. The van der Waals surface area contributed by atoms with Crippen LogP contribution in [0.3, 0.4) is 0 Å². The molecule has 0 aromatic carbocycles. The summed E-state index contributed by atoms with van der Waals surface area (Å²) in [6.45, 7) is 1.90. The Kier molecular flexibility index (Phi) is 5.05. The molecule has 2 rings (SSSR count). The first kappa shape index (κ1) is 13.7. The number of hydrogen-bond acceptors (Lipinski definition) is 6. The maximum absolute atomic E-state index is 11.8. The summed E-state index contributed by atoms with van der Waals surface area (Å²) in [5, 5.41) is 13.6. The first-order chi connectivity index (χ1) is 9.29. The largest absolute Gasteiger partial charge is 0.383 e. The van der Waals surface area contributed by atoms with E-state index in [1.165, 1.54) is 0 Å². The summed E-state index contributed by atoms with van der Waals surface area (Å²) in [5.41, 5.74) is 0. The third kappa shape index (κ3) is 4.15. The van der Waals surface area contributed by atoms with Crippen molar-refractivity contribution in [3.63, 3.8) is 0 Å². The van der Waals surface area contributed by atoms with Gasteiger partial charge in [-0.1, -0.05) is 0 Å². The van der Waals surface area contributed by atoms with Crippen LogP contribution in [0.5, 0.6) is 0 Å². The van der Waals surface area contributed by atoms with Crippen LogP contribution in [0, 0.1) is 0 Å². The highest BCUT2D eigenvalue weighted by Gasteiger charge is 2.23. The Morgan fingerprint density at radius 2 is 2.26 bits per heavy atom. The summed E-state index contributed by atoms with van der Waals surface area (Å²) in [6, 6.07) is 3.46. The van der Waals surface area contributed by atoms with Crippen LogP contribution in [0.2, 0.25) is 0 Å². The van der Waals surface area contributed by atoms with E-state index >= 15 is 0 Å². The maximum atomic E-state index is 11.8. The molecule has 1 amide bonds. The predicted octanol–water partition coefficient (Wildman–Crippen LogP) is 0.652. The van der Waals surface area contributed by atoms with E-state index in [0.717, 1.165) is 12.8 Å². The van der Waals surface area contributed by atoms with Gasteiger partial charge in [0.25, 0.3) is 5.91 Å². The van der Waals surface area contributed by atoms with Crippen molar-refractivity contribution < 1.29 is 14.3 Å². The highest BCUT2D eigenvalue weighted by Crippen LogP contribution is 2.14. The summed E-state index contributed by atoms with van der Waals surface area (Å²) in [6.07, 6.45) is 1.32. The van der Waals surface area contributed by atoms with E-state index in [4.69, 9.17) is 9.47 Å². The van der Waals surface area contributed by atoms with Gasteiger partial charge in [0.1, 0.15) is 11.9 Å². The molecule has 19 heavy (non-hydrogen) atoms. The molecule has 2 N–H and O–H groups in total. The fourth-order valence-electron chi connectivity index (χ4n) is 1.77. The van der Waals surface area contributed by atoms with E-state index in [0.29, 0.717) is 31.4 Å².